The molecule has 0 saturated carbocycles. The van der Waals surface area contributed by atoms with Crippen molar-refractivity contribution < 1.29 is 77.5 Å². The average molecular weight is 862 g/mol. The summed E-state index contributed by atoms with van der Waals surface area (Å²) in [5, 5.41) is 46.8. The second kappa shape index (κ2) is 21.4. The summed E-state index contributed by atoms with van der Waals surface area (Å²) >= 11 is 0. The van der Waals surface area contributed by atoms with Gasteiger partial charge in [-0.3, -0.25) is 19.2 Å². The number of likely N-dealkylation sites (N-methyl/N-ethyl adjacent to an activating group) is 1. The molecule has 0 amide bonds. The van der Waals surface area contributed by atoms with Crippen molar-refractivity contribution in [2.24, 2.45) is 23.7 Å². The van der Waals surface area contributed by atoms with Crippen LogP contribution in [-0.2, 0) is 57.1 Å². The van der Waals surface area contributed by atoms with Gasteiger partial charge in [0.2, 0.25) is 0 Å². The van der Waals surface area contributed by atoms with Crippen molar-refractivity contribution in [1.29, 1.82) is 0 Å². The number of Topliss-reactive ketones (excluding diaryl/α,β-unsaturated/α-hetero) is 1. The van der Waals surface area contributed by atoms with Gasteiger partial charge in [0.05, 0.1) is 73.1 Å². The molecule has 0 aromatic heterocycles. The minimum Gasteiger partial charge on any atom is -0.466 e. The Balaban J connectivity index is 2.22. The van der Waals surface area contributed by atoms with Crippen LogP contribution in [0.1, 0.15) is 115 Å². The van der Waals surface area contributed by atoms with Crippen LogP contribution in [0.15, 0.2) is 0 Å². The van der Waals surface area contributed by atoms with Crippen molar-refractivity contribution in [2.75, 3.05) is 27.8 Å². The molecule has 0 aromatic rings. The number of nitrogens with zero attached hydrogens (tertiary/aromatic N) is 1. The maximum Gasteiger partial charge on any atom is 0.311 e. The van der Waals surface area contributed by atoms with E-state index in [1.165, 1.54) is 27.9 Å². The van der Waals surface area contributed by atoms with Gasteiger partial charge >= 0.3 is 17.9 Å². The van der Waals surface area contributed by atoms with E-state index in [1.807, 2.05) is 25.9 Å². The van der Waals surface area contributed by atoms with Gasteiger partial charge in [-0.1, -0.05) is 27.7 Å². The third-order valence-corrected chi connectivity index (χ3v) is 12.9. The van der Waals surface area contributed by atoms with Gasteiger partial charge in [0.1, 0.15) is 23.6 Å². The molecule has 0 unspecified atom stereocenters. The first-order valence-corrected chi connectivity index (χ1v) is 21.5. The summed E-state index contributed by atoms with van der Waals surface area (Å²) < 4.78 is 48.8. The lowest BCUT2D eigenvalue weighted by molar-refractivity contribution is -0.319. The smallest absolute Gasteiger partial charge is 0.311 e. The molecular weight excluding hydrogens is 786 g/mol. The summed E-state index contributed by atoms with van der Waals surface area (Å²) in [5.41, 5.74) is -5.06. The molecule has 3 fully saturated rings. The van der Waals surface area contributed by atoms with Crippen molar-refractivity contribution in [1.82, 2.24) is 4.90 Å². The lowest BCUT2D eigenvalue weighted by Crippen LogP contribution is -2.61. The summed E-state index contributed by atoms with van der Waals surface area (Å²) in [6.45, 7) is 17.9. The zero-order chi connectivity index (χ0) is 45.7. The fourth-order valence-electron chi connectivity index (χ4n) is 9.17. The summed E-state index contributed by atoms with van der Waals surface area (Å²) in [6.07, 6.45) is -11.1. The molecule has 0 aromatic carbocycles. The van der Waals surface area contributed by atoms with E-state index in [4.69, 9.17) is 37.9 Å². The van der Waals surface area contributed by atoms with E-state index in [9.17, 15) is 39.6 Å². The Morgan fingerprint density at radius 2 is 1.47 bits per heavy atom. The summed E-state index contributed by atoms with van der Waals surface area (Å²) in [7, 11) is 5.09. The van der Waals surface area contributed by atoms with E-state index in [0.29, 0.717) is 6.42 Å². The number of cyclic esters (lactones) is 1. The number of carbonyl (C=O) groups is 4. The van der Waals surface area contributed by atoms with Crippen LogP contribution in [0.3, 0.4) is 0 Å². The van der Waals surface area contributed by atoms with Crippen LogP contribution in [0.25, 0.3) is 0 Å². The van der Waals surface area contributed by atoms with Crippen molar-refractivity contribution in [3.63, 3.8) is 0 Å². The molecule has 0 bridgehead atoms. The molecule has 3 rings (SSSR count). The maximum atomic E-state index is 14.3. The monoisotopic (exact) mass is 862 g/mol. The first-order chi connectivity index (χ1) is 27.8. The number of carbonyl (C=O) groups excluding carboxylic acids is 4. The molecule has 4 N–H and O–H groups in total. The van der Waals surface area contributed by atoms with Crippen molar-refractivity contribution in [3.05, 3.63) is 0 Å². The van der Waals surface area contributed by atoms with E-state index in [1.54, 1.807) is 48.5 Å². The predicted octanol–water partition coefficient (Wildman–Crippen LogP) is 2.68. The Labute approximate surface area is 356 Å². The molecule has 18 atom stereocenters. The highest BCUT2D eigenvalue weighted by atomic mass is 16.7. The van der Waals surface area contributed by atoms with Crippen LogP contribution in [0.4, 0.5) is 0 Å². The highest BCUT2D eigenvalue weighted by Gasteiger charge is 2.54. The maximum absolute atomic E-state index is 14.3. The number of methoxy groups -OCH3 is 1. The highest BCUT2D eigenvalue weighted by Crippen LogP contribution is 2.41. The number of aliphatic hydroxyl groups is 4. The molecule has 0 aliphatic carbocycles. The van der Waals surface area contributed by atoms with E-state index in [-0.39, 0.29) is 38.7 Å². The SMILES string of the molecule is CCOC(=O)CCC(=O)O[C@H]1[C@H](O[C@@H]2[C@@H](C)[C@H](O[C@H]3C[C@](C)(OC)[C@@H](O)[C@H](C)O3)[C@@H](C)C(=O)O[C@H](CC)[C@@](C)(O)[C@H](O)[C@@H](C)C(=O)[C@H](C)C[C@@]2(C)O)O[C@H](C)C[C@@H]1N(C)C. The highest BCUT2D eigenvalue weighted by molar-refractivity contribution is 5.83. The number of ketones is 1. The van der Waals surface area contributed by atoms with Crippen LogP contribution in [-0.4, -0.2) is 161 Å². The predicted molar refractivity (Wildman–Crippen MR) is 216 cm³/mol. The zero-order valence-electron chi connectivity index (χ0n) is 38.2. The van der Waals surface area contributed by atoms with Crippen LogP contribution in [0.2, 0.25) is 0 Å². The lowest BCUT2D eigenvalue weighted by Gasteiger charge is -2.49. The second-order valence-corrected chi connectivity index (χ2v) is 18.2. The van der Waals surface area contributed by atoms with Gasteiger partial charge in [-0.05, 0) is 81.8 Å². The standard InChI is InChI=1S/C43H75NO16/c1-15-29-43(11,52)36(48)24(5)33(47)22(3)20-41(9,51)38(25(6)34(26(7)39(50)57-29)59-32-21-42(10,53-14)37(49)27(8)56-32)60-40-35(28(44(12)13)19-23(4)55-40)58-31(46)18-17-30(45)54-16-2/h22-29,32,34-38,40,48-49,51-52H,15-21H2,1-14H3/t22-,23-,24+,25+,26-,27+,28+,29-,32+,34+,35-,36-,37+,38-,40+,41-,42+,43-/m1/s1. The fourth-order valence-corrected chi connectivity index (χ4v) is 9.17. The van der Waals surface area contributed by atoms with E-state index >= 15 is 0 Å². The van der Waals surface area contributed by atoms with Crippen molar-refractivity contribution in [2.45, 2.75) is 199 Å². The van der Waals surface area contributed by atoms with Crippen LogP contribution in [0, 0.1) is 23.7 Å². The van der Waals surface area contributed by atoms with Crippen molar-refractivity contribution in [3.8, 4) is 0 Å². The summed E-state index contributed by atoms with van der Waals surface area (Å²) in [5.74, 6) is -6.64. The first kappa shape index (κ1) is 52.0. The third kappa shape index (κ3) is 12.2. The fraction of sp³-hybridized carbons (Fsp3) is 0.907. The number of hydrogen-bond acceptors (Lipinski definition) is 17. The normalized spacial score (nSPS) is 43.8. The van der Waals surface area contributed by atoms with Gasteiger partial charge in [0.25, 0.3) is 0 Å². The third-order valence-electron chi connectivity index (χ3n) is 12.9. The number of ether oxygens (including phenoxy) is 8. The number of aliphatic hydroxyl groups excluding tert-OH is 2. The largest absolute Gasteiger partial charge is 0.466 e. The van der Waals surface area contributed by atoms with Gasteiger partial charge in [0.15, 0.2) is 18.7 Å². The molecule has 0 radical (unpaired) electrons. The summed E-state index contributed by atoms with van der Waals surface area (Å²) in [6, 6.07) is -0.443. The van der Waals surface area contributed by atoms with E-state index < -0.39 is 132 Å². The second-order valence-electron chi connectivity index (χ2n) is 18.2. The molecule has 60 heavy (non-hydrogen) atoms. The van der Waals surface area contributed by atoms with Gasteiger partial charge in [-0.2, -0.15) is 0 Å². The molecule has 17 heteroatoms. The van der Waals surface area contributed by atoms with E-state index in [2.05, 4.69) is 0 Å². The van der Waals surface area contributed by atoms with Crippen LogP contribution < -0.4 is 0 Å². The minimum atomic E-state index is -2.04. The van der Waals surface area contributed by atoms with Crippen LogP contribution >= 0.6 is 0 Å². The first-order valence-electron chi connectivity index (χ1n) is 21.5. The molecular formula is C43H75NO16. The molecule has 3 aliphatic rings. The number of rotatable bonds is 12. The quantitative estimate of drug-likeness (QED) is 0.163. The molecule has 3 saturated heterocycles. The van der Waals surface area contributed by atoms with Gasteiger partial charge in [0, 0.05) is 31.3 Å². The van der Waals surface area contributed by atoms with Gasteiger partial charge < -0.3 is 63.2 Å². The Morgan fingerprint density at radius 3 is 2.03 bits per heavy atom. The topological polar surface area (TPSA) is 226 Å². The molecule has 17 nitrogen and oxygen atoms in total. The molecule has 3 heterocycles. The number of esters is 3. The molecule has 0 spiro atoms. The molecule has 348 valence electrons. The lowest BCUT2D eigenvalue weighted by atomic mass is 9.74. The number of hydrogen-bond donors (Lipinski definition) is 4. The Bertz CT molecular complexity index is 1440. The Hall–Kier alpha value is -2.32. The van der Waals surface area contributed by atoms with Gasteiger partial charge in [-0.25, -0.2) is 0 Å². The zero-order valence-corrected chi connectivity index (χ0v) is 38.2. The Morgan fingerprint density at radius 1 is 0.850 bits per heavy atom. The van der Waals surface area contributed by atoms with E-state index in [0.717, 1.165) is 0 Å². The van der Waals surface area contributed by atoms with Crippen molar-refractivity contribution >= 4 is 23.7 Å². The minimum absolute atomic E-state index is 0.0431. The molecule has 3 aliphatic heterocycles. The Kier molecular flexibility index (Phi) is 18.5. The average Bonchev–Trinajstić information content (AvgIpc) is 3.17. The van der Waals surface area contributed by atoms with Gasteiger partial charge in [-0.15, -0.1) is 0 Å². The summed E-state index contributed by atoms with van der Waals surface area (Å²) in [4.78, 5) is 55.6. The van der Waals surface area contributed by atoms with Crippen LogP contribution in [0.5, 0.6) is 0 Å².